The van der Waals surface area contributed by atoms with E-state index in [4.69, 9.17) is 5.26 Å². The number of aryl methyl sites for hydroxylation is 1. The number of benzene rings is 1. The highest BCUT2D eigenvalue weighted by Gasteiger charge is 1.93. The van der Waals surface area contributed by atoms with Crippen LogP contribution in [-0.4, -0.2) is 0 Å². The van der Waals surface area contributed by atoms with Crippen LogP contribution in [0.5, 0.6) is 0 Å². The normalized spacial score (nSPS) is 10.1. The fraction of sp³-hybridized carbons (Fsp3) is 0.100. The van der Waals surface area contributed by atoms with Crippen LogP contribution in [0.25, 0.3) is 6.08 Å². The average molecular weight is 222 g/mol. The van der Waals surface area contributed by atoms with Crippen LogP contribution in [0.1, 0.15) is 11.1 Å². The molecule has 60 valence electrons. The molecule has 0 amide bonds. The van der Waals surface area contributed by atoms with E-state index in [9.17, 15) is 0 Å². The van der Waals surface area contributed by atoms with Crippen LogP contribution in [0.4, 0.5) is 0 Å². The van der Waals surface area contributed by atoms with Crippen molar-refractivity contribution < 1.29 is 0 Å². The van der Waals surface area contributed by atoms with Crippen LogP contribution in [0.15, 0.2) is 28.7 Å². The molecular formula is C10H8BrN. The SMILES string of the molecule is Cc1cc(C=CC#N)ccc1Br. The zero-order valence-corrected chi connectivity index (χ0v) is 8.30. The molecule has 0 bridgehead atoms. The van der Waals surface area contributed by atoms with E-state index >= 15 is 0 Å². The highest BCUT2D eigenvalue weighted by Crippen LogP contribution is 2.17. The molecule has 0 heterocycles. The first-order valence-electron chi connectivity index (χ1n) is 3.56. The Kier molecular flexibility index (Phi) is 3.07. The molecule has 0 spiro atoms. The Balaban J connectivity index is 2.99. The Morgan fingerprint density at radius 2 is 2.25 bits per heavy atom. The van der Waals surface area contributed by atoms with Crippen LogP contribution < -0.4 is 0 Å². The summed E-state index contributed by atoms with van der Waals surface area (Å²) in [6, 6.07) is 7.93. The highest BCUT2D eigenvalue weighted by molar-refractivity contribution is 9.10. The molecule has 1 rings (SSSR count). The highest BCUT2D eigenvalue weighted by atomic mass is 79.9. The Morgan fingerprint density at radius 3 is 2.83 bits per heavy atom. The Hall–Kier alpha value is -1.07. The van der Waals surface area contributed by atoms with E-state index in [1.807, 2.05) is 31.2 Å². The molecule has 0 saturated heterocycles. The zero-order valence-electron chi connectivity index (χ0n) is 6.71. The first-order chi connectivity index (χ1) is 5.74. The molecule has 0 aliphatic heterocycles. The van der Waals surface area contributed by atoms with E-state index in [-0.39, 0.29) is 0 Å². The van der Waals surface area contributed by atoms with Crippen molar-refractivity contribution in [1.29, 1.82) is 5.26 Å². The van der Waals surface area contributed by atoms with Gasteiger partial charge in [0.15, 0.2) is 0 Å². The third-order valence-corrected chi connectivity index (χ3v) is 2.42. The molecule has 0 aliphatic rings. The number of halogens is 1. The molecule has 0 saturated carbocycles. The predicted molar refractivity (Wildman–Crippen MR) is 53.5 cm³/mol. The molecule has 0 aliphatic carbocycles. The number of nitrogens with zero attached hydrogens (tertiary/aromatic N) is 1. The number of hydrogen-bond acceptors (Lipinski definition) is 1. The first kappa shape index (κ1) is 9.02. The lowest BCUT2D eigenvalue weighted by atomic mass is 10.1. The smallest absolute Gasteiger partial charge is 0.0912 e. The second-order valence-electron chi connectivity index (χ2n) is 2.47. The summed E-state index contributed by atoms with van der Waals surface area (Å²) >= 11 is 3.41. The molecule has 0 N–H and O–H groups in total. The standard InChI is InChI=1S/C10H8BrN/c1-8-7-9(3-2-6-12)4-5-10(8)11/h2-5,7H,1H3. The maximum Gasteiger partial charge on any atom is 0.0912 e. The monoisotopic (exact) mass is 221 g/mol. The van der Waals surface area contributed by atoms with E-state index in [1.165, 1.54) is 11.6 Å². The minimum atomic E-state index is 1.05. The van der Waals surface area contributed by atoms with Crippen molar-refractivity contribution in [3.63, 3.8) is 0 Å². The van der Waals surface area contributed by atoms with Crippen molar-refractivity contribution in [2.75, 3.05) is 0 Å². The van der Waals surface area contributed by atoms with Crippen LogP contribution in [0.3, 0.4) is 0 Å². The largest absolute Gasteiger partial charge is 0.193 e. The summed E-state index contributed by atoms with van der Waals surface area (Å²) in [4.78, 5) is 0. The summed E-state index contributed by atoms with van der Waals surface area (Å²) in [7, 11) is 0. The fourth-order valence-corrected chi connectivity index (χ4v) is 1.15. The van der Waals surface area contributed by atoms with Gasteiger partial charge in [-0.25, -0.2) is 0 Å². The van der Waals surface area contributed by atoms with Crippen LogP contribution >= 0.6 is 15.9 Å². The number of nitriles is 1. The molecule has 0 fully saturated rings. The summed E-state index contributed by atoms with van der Waals surface area (Å²) in [5, 5.41) is 8.31. The summed E-state index contributed by atoms with van der Waals surface area (Å²) < 4.78 is 1.09. The maximum atomic E-state index is 8.31. The molecule has 1 aromatic carbocycles. The Labute approximate surface area is 80.5 Å². The van der Waals surface area contributed by atoms with E-state index < -0.39 is 0 Å². The minimum absolute atomic E-state index is 1.05. The molecule has 2 heteroatoms. The van der Waals surface area contributed by atoms with E-state index in [0.29, 0.717) is 0 Å². The third kappa shape index (κ3) is 2.21. The zero-order chi connectivity index (χ0) is 8.97. The van der Waals surface area contributed by atoms with Gasteiger partial charge in [-0.15, -0.1) is 0 Å². The van der Waals surface area contributed by atoms with Gasteiger partial charge in [0, 0.05) is 10.5 Å². The second-order valence-corrected chi connectivity index (χ2v) is 3.33. The molecular weight excluding hydrogens is 214 g/mol. The van der Waals surface area contributed by atoms with Crippen molar-refractivity contribution in [2.45, 2.75) is 6.92 Å². The lowest BCUT2D eigenvalue weighted by molar-refractivity contribution is 1.42. The van der Waals surface area contributed by atoms with Gasteiger partial charge in [-0.3, -0.25) is 0 Å². The predicted octanol–water partition coefficient (Wildman–Crippen LogP) is 3.29. The van der Waals surface area contributed by atoms with Crippen LogP contribution in [0, 0.1) is 18.3 Å². The van der Waals surface area contributed by atoms with Gasteiger partial charge in [-0.1, -0.05) is 28.1 Å². The molecule has 1 aromatic rings. The number of rotatable bonds is 1. The van der Waals surface area contributed by atoms with Crippen molar-refractivity contribution in [1.82, 2.24) is 0 Å². The van der Waals surface area contributed by atoms with Crippen LogP contribution in [0.2, 0.25) is 0 Å². The van der Waals surface area contributed by atoms with Gasteiger partial charge in [0.25, 0.3) is 0 Å². The molecule has 0 atom stereocenters. The number of hydrogen-bond donors (Lipinski definition) is 0. The first-order valence-corrected chi connectivity index (χ1v) is 4.35. The fourth-order valence-electron chi connectivity index (χ4n) is 0.905. The molecule has 1 nitrogen and oxygen atoms in total. The minimum Gasteiger partial charge on any atom is -0.193 e. The van der Waals surface area contributed by atoms with E-state index in [2.05, 4.69) is 15.9 Å². The van der Waals surface area contributed by atoms with Gasteiger partial charge in [0.2, 0.25) is 0 Å². The molecule has 0 radical (unpaired) electrons. The van der Waals surface area contributed by atoms with Crippen LogP contribution in [-0.2, 0) is 0 Å². The van der Waals surface area contributed by atoms with Gasteiger partial charge in [0.05, 0.1) is 6.07 Å². The second kappa shape index (κ2) is 4.08. The van der Waals surface area contributed by atoms with Crippen molar-refractivity contribution in [3.05, 3.63) is 39.9 Å². The van der Waals surface area contributed by atoms with Gasteiger partial charge in [0.1, 0.15) is 0 Å². The van der Waals surface area contributed by atoms with Gasteiger partial charge >= 0.3 is 0 Å². The topological polar surface area (TPSA) is 23.8 Å². The van der Waals surface area contributed by atoms with E-state index in [1.54, 1.807) is 6.08 Å². The van der Waals surface area contributed by atoms with Gasteiger partial charge in [-0.05, 0) is 30.2 Å². The van der Waals surface area contributed by atoms with Crippen molar-refractivity contribution >= 4 is 22.0 Å². The summed E-state index contributed by atoms with van der Waals surface area (Å²) in [5.74, 6) is 0. The Bertz CT molecular complexity index is 347. The van der Waals surface area contributed by atoms with E-state index in [0.717, 1.165) is 10.0 Å². The van der Waals surface area contributed by atoms with Crippen molar-refractivity contribution in [3.8, 4) is 6.07 Å². The molecule has 0 unspecified atom stereocenters. The van der Waals surface area contributed by atoms with Crippen molar-refractivity contribution in [2.24, 2.45) is 0 Å². The third-order valence-electron chi connectivity index (χ3n) is 1.53. The molecule has 12 heavy (non-hydrogen) atoms. The van der Waals surface area contributed by atoms with Gasteiger partial charge in [-0.2, -0.15) is 5.26 Å². The lowest BCUT2D eigenvalue weighted by Gasteiger charge is -1.98. The lowest BCUT2D eigenvalue weighted by Crippen LogP contribution is -1.77. The summed E-state index contributed by atoms with van der Waals surface area (Å²) in [5.41, 5.74) is 2.23. The van der Waals surface area contributed by atoms with Gasteiger partial charge < -0.3 is 0 Å². The Morgan fingerprint density at radius 1 is 1.50 bits per heavy atom. The quantitative estimate of drug-likeness (QED) is 0.668. The summed E-state index contributed by atoms with van der Waals surface area (Å²) in [6.45, 7) is 2.02. The average Bonchev–Trinajstić information content (AvgIpc) is 2.07. The summed E-state index contributed by atoms with van der Waals surface area (Å²) in [6.07, 6.45) is 3.27. The molecule has 0 aromatic heterocycles. The number of allylic oxidation sites excluding steroid dienone is 1. The maximum absolute atomic E-state index is 8.31.